The fourth-order valence-corrected chi connectivity index (χ4v) is 3.50. The van der Waals surface area contributed by atoms with E-state index >= 15 is 0 Å². The fourth-order valence-electron chi connectivity index (χ4n) is 3.50. The van der Waals surface area contributed by atoms with Crippen LogP contribution in [0.1, 0.15) is 0 Å². The molecular weight excluding hydrogens is 392 g/mol. The van der Waals surface area contributed by atoms with E-state index in [2.05, 4.69) is 0 Å². The number of methoxy groups -OCH3 is 4. The van der Waals surface area contributed by atoms with Gasteiger partial charge in [-0.05, 0) is 24.3 Å². The highest BCUT2D eigenvalue weighted by Gasteiger charge is 2.27. The first-order valence-corrected chi connectivity index (χ1v) is 8.90. The molecule has 8 heteroatoms. The third-order valence-corrected chi connectivity index (χ3v) is 4.75. The minimum Gasteiger partial charge on any atom is -0.493 e. The molecule has 8 nitrogen and oxygen atoms in total. The molecule has 0 spiro atoms. The Morgan fingerprint density at radius 1 is 0.600 bits per heavy atom. The average Bonchev–Trinajstić information content (AvgIpc) is 2.76. The predicted octanol–water partition coefficient (Wildman–Crippen LogP) is 3.60. The molecule has 0 aliphatic rings. The second-order valence-corrected chi connectivity index (χ2v) is 6.32. The Kier molecular flexibility index (Phi) is 4.83. The molecule has 2 aromatic heterocycles. The van der Waals surface area contributed by atoms with Gasteiger partial charge in [0.05, 0.1) is 39.6 Å². The lowest BCUT2D eigenvalue weighted by Crippen LogP contribution is -2.03. The molecule has 0 atom stereocenters. The number of rotatable bonds is 5. The zero-order valence-corrected chi connectivity index (χ0v) is 16.7. The molecular formula is C22H18O8. The van der Waals surface area contributed by atoms with Crippen molar-refractivity contribution in [1.82, 2.24) is 0 Å². The summed E-state index contributed by atoms with van der Waals surface area (Å²) in [6.07, 6.45) is 0. The quantitative estimate of drug-likeness (QED) is 0.461. The van der Waals surface area contributed by atoms with Crippen LogP contribution in [0.3, 0.4) is 0 Å². The summed E-state index contributed by atoms with van der Waals surface area (Å²) in [4.78, 5) is 24.1. The van der Waals surface area contributed by atoms with E-state index in [1.807, 2.05) is 0 Å². The molecule has 4 aromatic rings. The third-order valence-electron chi connectivity index (χ3n) is 4.75. The van der Waals surface area contributed by atoms with Crippen molar-refractivity contribution in [2.75, 3.05) is 28.4 Å². The minimum absolute atomic E-state index is 0.222. The van der Waals surface area contributed by atoms with Crippen molar-refractivity contribution >= 4 is 21.9 Å². The average molecular weight is 410 g/mol. The van der Waals surface area contributed by atoms with Crippen LogP contribution >= 0.6 is 0 Å². The van der Waals surface area contributed by atoms with Crippen molar-refractivity contribution in [3.05, 3.63) is 57.2 Å². The fraction of sp³-hybridized carbons (Fsp3) is 0.182. The Morgan fingerprint density at radius 3 is 1.33 bits per heavy atom. The molecule has 0 saturated heterocycles. The topological polar surface area (TPSA) is 97.3 Å². The Balaban J connectivity index is 2.33. The predicted molar refractivity (Wildman–Crippen MR) is 110 cm³/mol. The minimum atomic E-state index is -0.552. The third kappa shape index (κ3) is 2.93. The van der Waals surface area contributed by atoms with E-state index in [1.165, 1.54) is 40.6 Å². The largest absolute Gasteiger partial charge is 0.493 e. The van der Waals surface area contributed by atoms with Crippen molar-refractivity contribution in [3.63, 3.8) is 0 Å². The maximum atomic E-state index is 12.0. The zero-order chi connectivity index (χ0) is 21.4. The van der Waals surface area contributed by atoms with Crippen LogP contribution < -0.4 is 30.2 Å². The highest BCUT2D eigenvalue weighted by Crippen LogP contribution is 2.51. The highest BCUT2D eigenvalue weighted by atomic mass is 16.5. The van der Waals surface area contributed by atoms with Gasteiger partial charge < -0.3 is 27.8 Å². The number of fused-ring (bicyclic) bond motifs is 2. The maximum absolute atomic E-state index is 12.0. The smallest absolute Gasteiger partial charge is 0.336 e. The Bertz CT molecular complexity index is 1270. The lowest BCUT2D eigenvalue weighted by molar-refractivity contribution is 0.351. The van der Waals surface area contributed by atoms with Gasteiger partial charge in [0.2, 0.25) is 0 Å². The van der Waals surface area contributed by atoms with E-state index < -0.39 is 11.3 Å². The Hall–Kier alpha value is -3.94. The van der Waals surface area contributed by atoms with E-state index in [1.54, 1.807) is 24.3 Å². The zero-order valence-electron chi connectivity index (χ0n) is 16.7. The number of benzene rings is 2. The van der Waals surface area contributed by atoms with Gasteiger partial charge >= 0.3 is 11.3 Å². The summed E-state index contributed by atoms with van der Waals surface area (Å²) in [6.45, 7) is 0. The molecule has 2 aromatic carbocycles. The van der Waals surface area contributed by atoms with Crippen LogP contribution in [-0.4, -0.2) is 28.4 Å². The van der Waals surface area contributed by atoms with Crippen molar-refractivity contribution in [3.8, 4) is 34.1 Å². The molecule has 0 saturated carbocycles. The molecule has 0 radical (unpaired) electrons. The summed E-state index contributed by atoms with van der Waals surface area (Å²) in [5.74, 6) is 1.34. The molecule has 0 N–H and O–H groups in total. The van der Waals surface area contributed by atoms with Gasteiger partial charge in [0.15, 0.2) is 34.2 Å². The van der Waals surface area contributed by atoms with Crippen LogP contribution in [0.25, 0.3) is 33.1 Å². The molecule has 4 rings (SSSR count). The van der Waals surface area contributed by atoms with Gasteiger partial charge in [-0.3, -0.25) is 0 Å². The molecule has 0 unspecified atom stereocenters. The van der Waals surface area contributed by atoms with Crippen LogP contribution in [0.2, 0.25) is 0 Å². The highest BCUT2D eigenvalue weighted by molar-refractivity contribution is 6.07. The molecule has 30 heavy (non-hydrogen) atoms. The summed E-state index contributed by atoms with van der Waals surface area (Å²) in [6, 6.07) is 9.20. The van der Waals surface area contributed by atoms with Gasteiger partial charge in [-0.25, -0.2) is 9.59 Å². The molecule has 154 valence electrons. The van der Waals surface area contributed by atoms with E-state index in [-0.39, 0.29) is 22.7 Å². The molecule has 0 amide bonds. The molecule has 2 heterocycles. The van der Waals surface area contributed by atoms with E-state index in [9.17, 15) is 9.59 Å². The van der Waals surface area contributed by atoms with Crippen molar-refractivity contribution in [2.45, 2.75) is 0 Å². The normalized spacial score (nSPS) is 10.9. The summed E-state index contributed by atoms with van der Waals surface area (Å²) < 4.78 is 33.3. The van der Waals surface area contributed by atoms with Gasteiger partial charge in [-0.1, -0.05) is 0 Å². The summed E-state index contributed by atoms with van der Waals surface area (Å²) >= 11 is 0. The van der Waals surface area contributed by atoms with Gasteiger partial charge in [-0.15, -0.1) is 0 Å². The lowest BCUT2D eigenvalue weighted by atomic mass is 9.97. The van der Waals surface area contributed by atoms with E-state index in [4.69, 9.17) is 27.8 Å². The van der Waals surface area contributed by atoms with Gasteiger partial charge in [0.25, 0.3) is 0 Å². The SMILES string of the molecule is COc1cc2ccc(=O)oc2c(-c2c(OC)c(OC)cc3ccc(=O)oc23)c1OC. The molecule has 0 bridgehead atoms. The van der Waals surface area contributed by atoms with Crippen LogP contribution in [0.5, 0.6) is 23.0 Å². The number of ether oxygens (including phenoxy) is 4. The maximum Gasteiger partial charge on any atom is 0.336 e. The first-order chi connectivity index (χ1) is 14.5. The second-order valence-electron chi connectivity index (χ2n) is 6.32. The van der Waals surface area contributed by atoms with Crippen molar-refractivity contribution in [2.24, 2.45) is 0 Å². The van der Waals surface area contributed by atoms with Crippen LogP contribution in [-0.2, 0) is 0 Å². The standard InChI is InChI=1S/C22H18O8/c1-25-13-9-11-5-7-15(23)29-19(11)17(21(13)27-3)18-20-12(6-8-16(24)30-20)10-14(26-2)22(18)28-4/h5-10H,1-4H3. The molecule has 0 aliphatic carbocycles. The first-order valence-electron chi connectivity index (χ1n) is 8.90. The lowest BCUT2D eigenvalue weighted by Gasteiger charge is -2.19. The van der Waals surface area contributed by atoms with Gasteiger partial charge in [-0.2, -0.15) is 0 Å². The van der Waals surface area contributed by atoms with E-state index in [0.29, 0.717) is 33.4 Å². The van der Waals surface area contributed by atoms with Gasteiger partial charge in [0, 0.05) is 22.9 Å². The Morgan fingerprint density at radius 2 is 1.00 bits per heavy atom. The van der Waals surface area contributed by atoms with Crippen LogP contribution in [0, 0.1) is 0 Å². The molecule has 0 aliphatic heterocycles. The number of hydrogen-bond acceptors (Lipinski definition) is 8. The summed E-state index contributed by atoms with van der Waals surface area (Å²) in [5, 5.41) is 1.16. The van der Waals surface area contributed by atoms with E-state index in [0.717, 1.165) is 0 Å². The van der Waals surface area contributed by atoms with Crippen molar-refractivity contribution < 1.29 is 27.8 Å². The Labute approximate surface area is 170 Å². The monoisotopic (exact) mass is 410 g/mol. The molecule has 0 fully saturated rings. The first kappa shape index (κ1) is 19.4. The number of hydrogen-bond donors (Lipinski definition) is 0. The van der Waals surface area contributed by atoms with Crippen molar-refractivity contribution in [1.29, 1.82) is 0 Å². The summed E-state index contributed by atoms with van der Waals surface area (Å²) in [7, 11) is 5.90. The second kappa shape index (κ2) is 7.47. The van der Waals surface area contributed by atoms with Gasteiger partial charge in [0.1, 0.15) is 0 Å². The summed E-state index contributed by atoms with van der Waals surface area (Å²) in [5.41, 5.74) is 0.00509. The van der Waals surface area contributed by atoms with Crippen LogP contribution in [0.4, 0.5) is 0 Å². The van der Waals surface area contributed by atoms with Crippen LogP contribution in [0.15, 0.2) is 54.8 Å².